The van der Waals surface area contributed by atoms with Crippen LogP contribution in [-0.2, 0) is 4.79 Å². The van der Waals surface area contributed by atoms with Crippen molar-refractivity contribution in [2.24, 2.45) is 0 Å². The molecule has 0 radical (unpaired) electrons. The molecular formula is C12H17NO3. The van der Waals surface area contributed by atoms with Crippen molar-refractivity contribution >= 4 is 11.6 Å². The number of carbonyl (C=O) groups excluding carboxylic acids is 1. The summed E-state index contributed by atoms with van der Waals surface area (Å²) in [6.45, 7) is 3.72. The van der Waals surface area contributed by atoms with E-state index in [0.717, 1.165) is 11.3 Å². The van der Waals surface area contributed by atoms with E-state index in [1.807, 2.05) is 13.0 Å². The highest BCUT2D eigenvalue weighted by molar-refractivity contribution is 5.92. The topological polar surface area (TPSA) is 47.6 Å². The second kappa shape index (κ2) is 5.39. The third-order valence-corrected chi connectivity index (χ3v) is 2.31. The van der Waals surface area contributed by atoms with Gasteiger partial charge in [-0.1, -0.05) is 6.92 Å². The Kier molecular flexibility index (Phi) is 4.17. The molecule has 0 spiro atoms. The first-order valence-electron chi connectivity index (χ1n) is 5.14. The summed E-state index contributed by atoms with van der Waals surface area (Å²) < 4.78 is 10.4. The van der Waals surface area contributed by atoms with Gasteiger partial charge in [0.2, 0.25) is 5.91 Å². The standard InChI is InChI=1S/C12H17NO3/c1-5-12(14)13-9-7-10(15-3)8(2)6-11(9)16-4/h6-7H,5H2,1-4H3,(H,13,14). The lowest BCUT2D eigenvalue weighted by Crippen LogP contribution is -2.10. The van der Waals surface area contributed by atoms with Crippen molar-refractivity contribution in [3.8, 4) is 11.5 Å². The van der Waals surface area contributed by atoms with Gasteiger partial charge in [0, 0.05) is 12.5 Å². The molecular weight excluding hydrogens is 206 g/mol. The largest absolute Gasteiger partial charge is 0.496 e. The van der Waals surface area contributed by atoms with Crippen molar-refractivity contribution < 1.29 is 14.3 Å². The minimum Gasteiger partial charge on any atom is -0.496 e. The number of ether oxygens (including phenoxy) is 2. The zero-order valence-electron chi connectivity index (χ0n) is 10.1. The second-order valence-electron chi connectivity index (χ2n) is 3.42. The quantitative estimate of drug-likeness (QED) is 0.852. The molecule has 1 rings (SSSR count). The number of hydrogen-bond donors (Lipinski definition) is 1. The molecule has 16 heavy (non-hydrogen) atoms. The molecule has 1 amide bonds. The fourth-order valence-corrected chi connectivity index (χ4v) is 1.39. The summed E-state index contributed by atoms with van der Waals surface area (Å²) in [7, 11) is 3.17. The van der Waals surface area contributed by atoms with E-state index in [1.165, 1.54) is 0 Å². The maximum Gasteiger partial charge on any atom is 0.224 e. The van der Waals surface area contributed by atoms with E-state index in [2.05, 4.69) is 5.32 Å². The molecule has 0 aliphatic heterocycles. The zero-order chi connectivity index (χ0) is 12.1. The predicted octanol–water partition coefficient (Wildman–Crippen LogP) is 2.36. The number of methoxy groups -OCH3 is 2. The first-order valence-corrected chi connectivity index (χ1v) is 5.14. The minimum atomic E-state index is -0.0517. The average Bonchev–Trinajstić information content (AvgIpc) is 2.30. The SMILES string of the molecule is CCC(=O)Nc1cc(OC)c(C)cc1OC. The summed E-state index contributed by atoms with van der Waals surface area (Å²) in [5.41, 5.74) is 1.60. The molecule has 0 aliphatic carbocycles. The van der Waals surface area contributed by atoms with Crippen molar-refractivity contribution in [3.05, 3.63) is 17.7 Å². The molecule has 4 heteroatoms. The van der Waals surface area contributed by atoms with Crippen molar-refractivity contribution in [1.29, 1.82) is 0 Å². The Hall–Kier alpha value is -1.71. The number of rotatable bonds is 4. The van der Waals surface area contributed by atoms with Crippen LogP contribution in [0.1, 0.15) is 18.9 Å². The van der Waals surface area contributed by atoms with Crippen LogP contribution < -0.4 is 14.8 Å². The van der Waals surface area contributed by atoms with Crippen LogP contribution >= 0.6 is 0 Å². The monoisotopic (exact) mass is 223 g/mol. The Balaban J connectivity index is 3.09. The summed E-state index contributed by atoms with van der Waals surface area (Å²) in [5.74, 6) is 1.32. The van der Waals surface area contributed by atoms with Gasteiger partial charge in [-0.25, -0.2) is 0 Å². The number of aryl methyl sites for hydroxylation is 1. The second-order valence-corrected chi connectivity index (χ2v) is 3.42. The fourth-order valence-electron chi connectivity index (χ4n) is 1.39. The predicted molar refractivity (Wildman–Crippen MR) is 63.2 cm³/mol. The smallest absolute Gasteiger partial charge is 0.224 e. The van der Waals surface area contributed by atoms with Crippen molar-refractivity contribution in [2.45, 2.75) is 20.3 Å². The van der Waals surface area contributed by atoms with Gasteiger partial charge in [-0.05, 0) is 18.6 Å². The first-order chi connectivity index (χ1) is 7.62. The third kappa shape index (κ3) is 2.66. The number of carbonyl (C=O) groups is 1. The van der Waals surface area contributed by atoms with E-state index in [-0.39, 0.29) is 5.91 Å². The van der Waals surface area contributed by atoms with Gasteiger partial charge in [0.15, 0.2) is 0 Å². The van der Waals surface area contributed by atoms with Gasteiger partial charge >= 0.3 is 0 Å². The molecule has 0 atom stereocenters. The summed E-state index contributed by atoms with van der Waals surface area (Å²) in [6, 6.07) is 3.60. The van der Waals surface area contributed by atoms with E-state index in [1.54, 1.807) is 27.2 Å². The molecule has 0 heterocycles. The van der Waals surface area contributed by atoms with Gasteiger partial charge in [-0.3, -0.25) is 4.79 Å². The Labute approximate surface area is 95.6 Å². The van der Waals surface area contributed by atoms with Crippen LogP contribution in [0.4, 0.5) is 5.69 Å². The fraction of sp³-hybridized carbons (Fsp3) is 0.417. The van der Waals surface area contributed by atoms with Gasteiger partial charge in [0.05, 0.1) is 19.9 Å². The Morgan fingerprint density at radius 3 is 2.38 bits per heavy atom. The lowest BCUT2D eigenvalue weighted by Gasteiger charge is -2.13. The molecule has 0 saturated heterocycles. The average molecular weight is 223 g/mol. The van der Waals surface area contributed by atoms with Crippen LogP contribution in [0, 0.1) is 6.92 Å². The highest BCUT2D eigenvalue weighted by Crippen LogP contribution is 2.32. The number of hydrogen-bond acceptors (Lipinski definition) is 3. The van der Waals surface area contributed by atoms with E-state index >= 15 is 0 Å². The molecule has 0 bridgehead atoms. The van der Waals surface area contributed by atoms with E-state index in [0.29, 0.717) is 17.9 Å². The molecule has 4 nitrogen and oxygen atoms in total. The normalized spacial score (nSPS) is 9.75. The van der Waals surface area contributed by atoms with Crippen LogP contribution in [0.25, 0.3) is 0 Å². The van der Waals surface area contributed by atoms with Gasteiger partial charge in [-0.15, -0.1) is 0 Å². The summed E-state index contributed by atoms with van der Waals surface area (Å²) >= 11 is 0. The molecule has 88 valence electrons. The van der Waals surface area contributed by atoms with Gasteiger partial charge in [0.1, 0.15) is 11.5 Å². The van der Waals surface area contributed by atoms with Crippen LogP contribution in [0.2, 0.25) is 0 Å². The first kappa shape index (κ1) is 12.4. The molecule has 0 aliphatic rings. The Morgan fingerprint density at radius 2 is 1.88 bits per heavy atom. The number of amides is 1. The van der Waals surface area contributed by atoms with E-state index < -0.39 is 0 Å². The molecule has 0 saturated carbocycles. The minimum absolute atomic E-state index is 0.0517. The third-order valence-electron chi connectivity index (χ3n) is 2.31. The van der Waals surface area contributed by atoms with Gasteiger partial charge in [0.25, 0.3) is 0 Å². The summed E-state index contributed by atoms with van der Waals surface area (Å²) in [4.78, 5) is 11.3. The number of nitrogens with one attached hydrogen (secondary N) is 1. The van der Waals surface area contributed by atoms with Gasteiger partial charge in [-0.2, -0.15) is 0 Å². The highest BCUT2D eigenvalue weighted by atomic mass is 16.5. The molecule has 0 aromatic heterocycles. The number of benzene rings is 1. The summed E-state index contributed by atoms with van der Waals surface area (Å²) in [5, 5.41) is 2.77. The molecule has 1 N–H and O–H groups in total. The Morgan fingerprint density at radius 1 is 1.25 bits per heavy atom. The van der Waals surface area contributed by atoms with Crippen molar-refractivity contribution in [2.75, 3.05) is 19.5 Å². The molecule has 1 aromatic carbocycles. The highest BCUT2D eigenvalue weighted by Gasteiger charge is 2.10. The molecule has 0 unspecified atom stereocenters. The van der Waals surface area contributed by atoms with Crippen LogP contribution in [0.5, 0.6) is 11.5 Å². The van der Waals surface area contributed by atoms with Crippen LogP contribution in [0.15, 0.2) is 12.1 Å². The van der Waals surface area contributed by atoms with E-state index in [9.17, 15) is 4.79 Å². The summed E-state index contributed by atoms with van der Waals surface area (Å²) in [6.07, 6.45) is 0.430. The van der Waals surface area contributed by atoms with Crippen LogP contribution in [-0.4, -0.2) is 20.1 Å². The van der Waals surface area contributed by atoms with Crippen molar-refractivity contribution in [3.63, 3.8) is 0 Å². The van der Waals surface area contributed by atoms with E-state index in [4.69, 9.17) is 9.47 Å². The zero-order valence-corrected chi connectivity index (χ0v) is 10.1. The lowest BCUT2D eigenvalue weighted by atomic mass is 10.2. The molecule has 0 fully saturated rings. The lowest BCUT2D eigenvalue weighted by molar-refractivity contribution is -0.115. The van der Waals surface area contributed by atoms with Crippen molar-refractivity contribution in [1.82, 2.24) is 0 Å². The van der Waals surface area contributed by atoms with Gasteiger partial charge < -0.3 is 14.8 Å². The maximum absolute atomic E-state index is 11.3. The van der Waals surface area contributed by atoms with Crippen LogP contribution in [0.3, 0.4) is 0 Å². The maximum atomic E-state index is 11.3. The Bertz CT molecular complexity index is 388. The number of anilines is 1. The molecule has 1 aromatic rings.